The normalized spacial score (nSPS) is 17.4. The van der Waals surface area contributed by atoms with Crippen molar-refractivity contribution in [1.82, 2.24) is 30.0 Å². The Morgan fingerprint density at radius 3 is 2.81 bits per heavy atom. The van der Waals surface area contributed by atoms with Crippen molar-refractivity contribution >= 4 is 16.9 Å². The van der Waals surface area contributed by atoms with E-state index in [-0.39, 0.29) is 17.7 Å². The number of aromatic nitrogens is 5. The number of furan rings is 1. The molecule has 5 aromatic rings. The number of ether oxygens (including phenoxy) is 1. The van der Waals surface area contributed by atoms with Crippen molar-refractivity contribution in [3.05, 3.63) is 77.5 Å². The van der Waals surface area contributed by atoms with Crippen LogP contribution in [0.4, 0.5) is 0 Å². The third-order valence-corrected chi connectivity index (χ3v) is 6.88. The van der Waals surface area contributed by atoms with E-state index >= 15 is 0 Å². The van der Waals surface area contributed by atoms with Gasteiger partial charge in [-0.3, -0.25) is 4.79 Å². The number of fused-ring (bicyclic) bond motifs is 2. The average molecular weight is 483 g/mol. The Morgan fingerprint density at radius 1 is 1.11 bits per heavy atom. The maximum atomic E-state index is 13.8. The summed E-state index contributed by atoms with van der Waals surface area (Å²) in [5.74, 6) is 1.48. The van der Waals surface area contributed by atoms with Gasteiger partial charge in [0.25, 0.3) is 5.89 Å². The van der Waals surface area contributed by atoms with Crippen molar-refractivity contribution in [2.75, 3.05) is 13.7 Å². The highest BCUT2D eigenvalue weighted by atomic mass is 16.5. The summed E-state index contributed by atoms with van der Waals surface area (Å²) in [7, 11) is 1.57. The number of amides is 1. The maximum absolute atomic E-state index is 13.8. The number of hydrogen-bond acceptors (Lipinski definition) is 8. The van der Waals surface area contributed by atoms with Gasteiger partial charge in [0.15, 0.2) is 0 Å². The van der Waals surface area contributed by atoms with E-state index in [1.54, 1.807) is 36.7 Å². The molecule has 4 aromatic heterocycles. The lowest BCUT2D eigenvalue weighted by molar-refractivity contribution is 0.0631. The van der Waals surface area contributed by atoms with Crippen molar-refractivity contribution < 1.29 is 18.4 Å². The van der Waals surface area contributed by atoms with Crippen LogP contribution in [0.2, 0.25) is 0 Å². The molecule has 10 heteroatoms. The topological polar surface area (TPSA) is 123 Å². The first-order valence-electron chi connectivity index (χ1n) is 11.9. The number of nitrogens with zero attached hydrogens (tertiary/aromatic N) is 5. The van der Waals surface area contributed by atoms with Crippen molar-refractivity contribution in [2.45, 2.75) is 31.2 Å². The number of pyridine rings is 1. The molecule has 1 aliphatic carbocycles. The number of H-pyrrole nitrogens is 1. The SMILES string of the molecule is COc1ccc(-c2nnc(C(=O)N3CCc4[nH]cnc4[C@@H]3c3oc4ccccc4c3C3CC3)o2)nc1. The molecule has 1 fully saturated rings. The fourth-order valence-electron chi connectivity index (χ4n) is 5.01. The summed E-state index contributed by atoms with van der Waals surface area (Å²) in [5, 5.41) is 9.22. The standard InChI is InChI=1S/C26H22N6O4/c1-34-15-8-9-18(27-12-15)24-30-31-25(36-24)26(33)32-11-10-17-21(29-13-28-17)22(32)23-20(14-6-7-14)16-4-2-3-5-19(16)35-23/h2-5,8-9,12-14,22H,6-7,10-11H2,1H3,(H,28,29)/t22-/m1/s1. The van der Waals surface area contributed by atoms with Crippen LogP contribution in [0.3, 0.4) is 0 Å². The van der Waals surface area contributed by atoms with Gasteiger partial charge in [-0.25, -0.2) is 9.97 Å². The van der Waals surface area contributed by atoms with Crippen LogP contribution >= 0.6 is 0 Å². The van der Waals surface area contributed by atoms with Gasteiger partial charge in [0.1, 0.15) is 28.8 Å². The molecule has 1 N–H and O–H groups in total. The molecule has 180 valence electrons. The summed E-state index contributed by atoms with van der Waals surface area (Å²) in [6, 6.07) is 11.0. The quantitative estimate of drug-likeness (QED) is 0.394. The van der Waals surface area contributed by atoms with Gasteiger partial charge in [-0.1, -0.05) is 18.2 Å². The van der Waals surface area contributed by atoms with Crippen LogP contribution in [0, 0.1) is 0 Å². The summed E-state index contributed by atoms with van der Waals surface area (Å²) >= 11 is 0. The lowest BCUT2D eigenvalue weighted by Gasteiger charge is -2.33. The van der Waals surface area contributed by atoms with Crippen molar-refractivity contribution in [2.24, 2.45) is 0 Å². The Morgan fingerprint density at radius 2 is 2.00 bits per heavy atom. The number of para-hydroxylation sites is 1. The zero-order valence-electron chi connectivity index (χ0n) is 19.5. The maximum Gasteiger partial charge on any atom is 0.312 e. The van der Waals surface area contributed by atoms with E-state index in [0.29, 0.717) is 30.3 Å². The predicted octanol–water partition coefficient (Wildman–Crippen LogP) is 4.27. The number of benzene rings is 1. The molecule has 0 bridgehead atoms. The first-order chi connectivity index (χ1) is 17.7. The van der Waals surface area contributed by atoms with Crippen LogP contribution < -0.4 is 4.74 Å². The Bertz CT molecular complexity index is 1580. The van der Waals surface area contributed by atoms with Crippen molar-refractivity contribution in [3.8, 4) is 17.3 Å². The fraction of sp³-hybridized carbons (Fsp3) is 0.269. The van der Waals surface area contributed by atoms with E-state index in [1.807, 2.05) is 18.2 Å². The van der Waals surface area contributed by atoms with Crippen LogP contribution in [-0.2, 0) is 6.42 Å². The van der Waals surface area contributed by atoms with Crippen LogP contribution in [0.1, 0.15) is 58.2 Å². The Hall–Kier alpha value is -4.47. The second-order valence-corrected chi connectivity index (χ2v) is 9.06. The van der Waals surface area contributed by atoms with Crippen LogP contribution in [0.5, 0.6) is 5.75 Å². The summed E-state index contributed by atoms with van der Waals surface area (Å²) in [5.41, 5.74) is 4.22. The second kappa shape index (κ2) is 8.04. The number of carbonyl (C=O) groups excluding carboxylic acids is 1. The van der Waals surface area contributed by atoms with E-state index in [9.17, 15) is 4.79 Å². The van der Waals surface area contributed by atoms with E-state index in [2.05, 4.69) is 31.2 Å². The Balaban J connectivity index is 1.30. The molecule has 1 atom stereocenters. The minimum absolute atomic E-state index is 0.101. The first kappa shape index (κ1) is 20.9. The average Bonchev–Trinajstić information content (AvgIpc) is 3.32. The first-order valence-corrected chi connectivity index (χ1v) is 11.9. The molecule has 7 rings (SSSR count). The Kier molecular flexibility index (Phi) is 4.66. The van der Waals surface area contributed by atoms with E-state index < -0.39 is 6.04 Å². The lowest BCUT2D eigenvalue weighted by Crippen LogP contribution is -2.41. The van der Waals surface area contributed by atoms with Gasteiger partial charge in [-0.05, 0) is 37.0 Å². The van der Waals surface area contributed by atoms with Crippen molar-refractivity contribution in [3.63, 3.8) is 0 Å². The predicted molar refractivity (Wildman–Crippen MR) is 127 cm³/mol. The zero-order chi connectivity index (χ0) is 24.2. The van der Waals surface area contributed by atoms with Gasteiger partial charge in [0.2, 0.25) is 0 Å². The monoisotopic (exact) mass is 482 g/mol. The Labute approximate surface area is 205 Å². The molecule has 2 aliphatic rings. The molecule has 10 nitrogen and oxygen atoms in total. The van der Waals surface area contributed by atoms with Gasteiger partial charge >= 0.3 is 11.8 Å². The minimum atomic E-state index is -0.495. The van der Waals surface area contributed by atoms with Gasteiger partial charge in [0, 0.05) is 29.6 Å². The molecule has 36 heavy (non-hydrogen) atoms. The molecule has 1 amide bonds. The van der Waals surface area contributed by atoms with Gasteiger partial charge in [-0.15, -0.1) is 10.2 Å². The number of aromatic amines is 1. The zero-order valence-corrected chi connectivity index (χ0v) is 19.5. The fourth-order valence-corrected chi connectivity index (χ4v) is 5.01. The van der Waals surface area contributed by atoms with Gasteiger partial charge in [0.05, 0.1) is 25.3 Å². The lowest BCUT2D eigenvalue weighted by atomic mass is 9.95. The third-order valence-electron chi connectivity index (χ3n) is 6.88. The van der Waals surface area contributed by atoms with Gasteiger partial charge < -0.3 is 23.5 Å². The van der Waals surface area contributed by atoms with Gasteiger partial charge in [-0.2, -0.15) is 0 Å². The number of rotatable bonds is 5. The van der Waals surface area contributed by atoms with E-state index in [4.69, 9.17) is 13.6 Å². The smallest absolute Gasteiger partial charge is 0.312 e. The largest absolute Gasteiger partial charge is 0.495 e. The molecule has 1 aliphatic heterocycles. The summed E-state index contributed by atoms with van der Waals surface area (Å²) < 4.78 is 17.4. The molecule has 0 saturated heterocycles. The third kappa shape index (κ3) is 3.29. The molecule has 0 spiro atoms. The molecule has 0 unspecified atom stereocenters. The molecular weight excluding hydrogens is 460 g/mol. The number of nitrogens with one attached hydrogen (secondary N) is 1. The highest BCUT2D eigenvalue weighted by Crippen LogP contribution is 2.50. The van der Waals surface area contributed by atoms with Crippen molar-refractivity contribution in [1.29, 1.82) is 0 Å². The molecule has 0 radical (unpaired) electrons. The number of methoxy groups -OCH3 is 1. The molecule has 1 saturated carbocycles. The van der Waals surface area contributed by atoms with E-state index in [1.165, 1.54) is 0 Å². The number of carbonyl (C=O) groups is 1. The van der Waals surface area contributed by atoms with Crippen LogP contribution in [0.15, 0.2) is 57.8 Å². The highest BCUT2D eigenvalue weighted by Gasteiger charge is 2.42. The van der Waals surface area contributed by atoms with Crippen LogP contribution in [0.25, 0.3) is 22.6 Å². The summed E-state index contributed by atoms with van der Waals surface area (Å²) in [6.45, 7) is 0.457. The molecule has 1 aromatic carbocycles. The van der Waals surface area contributed by atoms with Crippen LogP contribution in [-0.4, -0.2) is 49.6 Å². The number of hydrogen-bond donors (Lipinski definition) is 1. The molecule has 5 heterocycles. The highest BCUT2D eigenvalue weighted by molar-refractivity contribution is 5.91. The summed E-state index contributed by atoms with van der Waals surface area (Å²) in [4.78, 5) is 27.6. The summed E-state index contributed by atoms with van der Waals surface area (Å²) in [6.07, 6.45) is 6.07. The number of imidazole rings is 1. The minimum Gasteiger partial charge on any atom is -0.495 e. The molecular formula is C26H22N6O4. The van der Waals surface area contributed by atoms with E-state index in [0.717, 1.165) is 46.5 Å². The second-order valence-electron chi connectivity index (χ2n) is 9.06.